The highest BCUT2D eigenvalue weighted by molar-refractivity contribution is 7.99. The summed E-state index contributed by atoms with van der Waals surface area (Å²) < 4.78 is 24.1. The molecule has 0 saturated heterocycles. The number of thioether (sulfide) groups is 1. The van der Waals surface area contributed by atoms with Crippen molar-refractivity contribution in [1.29, 1.82) is 0 Å². The highest BCUT2D eigenvalue weighted by atomic mass is 32.2. The van der Waals surface area contributed by atoms with Crippen molar-refractivity contribution in [2.45, 2.75) is 18.7 Å². The molecule has 1 rings (SSSR count). The molecule has 0 bridgehead atoms. The van der Waals surface area contributed by atoms with Crippen LogP contribution in [0, 0.1) is 13.8 Å². The van der Waals surface area contributed by atoms with Crippen molar-refractivity contribution in [2.24, 2.45) is 0 Å². The second kappa shape index (κ2) is 5.70. The maximum absolute atomic E-state index is 10.8. The van der Waals surface area contributed by atoms with E-state index >= 15 is 0 Å². The Bertz CT molecular complexity index is 455. The highest BCUT2D eigenvalue weighted by Gasteiger charge is 2.00. The molecule has 0 aliphatic rings. The molecule has 0 amide bonds. The van der Waals surface area contributed by atoms with Gasteiger partial charge in [-0.1, -0.05) is 6.07 Å². The Hall–Kier alpha value is -0.520. The fourth-order valence-corrected chi connectivity index (χ4v) is 2.67. The number of hydrogen-bond acceptors (Lipinski definition) is 3. The van der Waals surface area contributed by atoms with Gasteiger partial charge in [-0.15, -0.1) is 11.8 Å². The van der Waals surface area contributed by atoms with Crippen LogP contribution >= 0.6 is 11.8 Å². The molecule has 0 aliphatic carbocycles. The summed E-state index contributed by atoms with van der Waals surface area (Å²) in [4.78, 5) is 1.18. The van der Waals surface area contributed by atoms with E-state index in [0.717, 1.165) is 5.75 Å². The third-order valence-corrected chi connectivity index (χ3v) is 3.94. The Labute approximate surface area is 102 Å². The minimum atomic E-state index is -3.06. The summed E-state index contributed by atoms with van der Waals surface area (Å²) in [5.74, 6) is 0.746. The summed E-state index contributed by atoms with van der Waals surface area (Å²) in [5, 5.41) is 0. The summed E-state index contributed by atoms with van der Waals surface area (Å²) in [5.41, 5.74) is 2.54. The van der Waals surface area contributed by atoms with Crippen molar-refractivity contribution < 1.29 is 8.42 Å². The molecule has 0 aliphatic heterocycles. The lowest BCUT2D eigenvalue weighted by Gasteiger charge is -2.05. The molecular formula is C11H17NO2S2. The molecule has 0 fully saturated rings. The van der Waals surface area contributed by atoms with E-state index in [1.54, 1.807) is 11.8 Å². The van der Waals surface area contributed by atoms with Gasteiger partial charge in [0.2, 0.25) is 10.0 Å². The van der Waals surface area contributed by atoms with E-state index in [4.69, 9.17) is 0 Å². The predicted octanol–water partition coefficient (Wildman–Crippen LogP) is 1.94. The normalized spacial score (nSPS) is 11.7. The minimum Gasteiger partial charge on any atom is -0.215 e. The molecule has 1 N–H and O–H groups in total. The van der Waals surface area contributed by atoms with Crippen molar-refractivity contribution in [1.82, 2.24) is 4.72 Å². The maximum Gasteiger partial charge on any atom is 0.208 e. The Balaban J connectivity index is 2.41. The Kier molecular flexibility index (Phi) is 4.83. The van der Waals surface area contributed by atoms with Crippen LogP contribution in [0.1, 0.15) is 11.1 Å². The molecule has 5 heteroatoms. The first-order chi connectivity index (χ1) is 7.38. The molecule has 0 unspecified atom stereocenters. The van der Waals surface area contributed by atoms with Gasteiger partial charge < -0.3 is 0 Å². The van der Waals surface area contributed by atoms with Gasteiger partial charge in [0.25, 0.3) is 0 Å². The number of sulfonamides is 1. The third-order valence-electron chi connectivity index (χ3n) is 2.21. The van der Waals surface area contributed by atoms with Gasteiger partial charge in [0, 0.05) is 17.2 Å². The van der Waals surface area contributed by atoms with Crippen LogP contribution in [0.2, 0.25) is 0 Å². The second-order valence-corrected chi connectivity index (χ2v) is 6.76. The van der Waals surface area contributed by atoms with Gasteiger partial charge in [-0.3, -0.25) is 0 Å². The first-order valence-corrected chi connectivity index (χ1v) is 7.91. The van der Waals surface area contributed by atoms with Crippen molar-refractivity contribution in [3.63, 3.8) is 0 Å². The van der Waals surface area contributed by atoms with Gasteiger partial charge in [-0.2, -0.15) is 0 Å². The molecule has 90 valence electrons. The number of rotatable bonds is 5. The standard InChI is InChI=1S/C11H17NO2S2/c1-9-4-5-11(8-10(9)2)15-7-6-12-16(3,13)14/h4-5,8,12H,6-7H2,1-3H3. The third kappa shape index (κ3) is 5.01. The van der Waals surface area contributed by atoms with Crippen LogP contribution in [-0.4, -0.2) is 27.0 Å². The molecule has 0 aromatic heterocycles. The van der Waals surface area contributed by atoms with Gasteiger partial charge in [0.05, 0.1) is 6.26 Å². The molecular weight excluding hydrogens is 242 g/mol. The van der Waals surface area contributed by atoms with Gasteiger partial charge in [0.15, 0.2) is 0 Å². The van der Waals surface area contributed by atoms with Crippen LogP contribution in [0.5, 0.6) is 0 Å². The number of hydrogen-bond donors (Lipinski definition) is 1. The zero-order chi connectivity index (χ0) is 12.2. The number of nitrogens with one attached hydrogen (secondary N) is 1. The van der Waals surface area contributed by atoms with Gasteiger partial charge in [-0.05, 0) is 37.1 Å². The summed E-state index contributed by atoms with van der Waals surface area (Å²) in [6.07, 6.45) is 1.17. The monoisotopic (exact) mass is 259 g/mol. The molecule has 3 nitrogen and oxygen atoms in total. The van der Waals surface area contributed by atoms with E-state index in [0.29, 0.717) is 6.54 Å². The van der Waals surface area contributed by atoms with E-state index < -0.39 is 10.0 Å². The summed E-state index contributed by atoms with van der Waals surface area (Å²) in [7, 11) is -3.06. The average Bonchev–Trinajstić information content (AvgIpc) is 2.17. The average molecular weight is 259 g/mol. The largest absolute Gasteiger partial charge is 0.215 e. The van der Waals surface area contributed by atoms with Crippen LogP contribution in [-0.2, 0) is 10.0 Å². The zero-order valence-corrected chi connectivity index (χ0v) is 11.4. The van der Waals surface area contributed by atoms with Crippen LogP contribution in [0.3, 0.4) is 0 Å². The predicted molar refractivity (Wildman–Crippen MR) is 69.5 cm³/mol. The topological polar surface area (TPSA) is 46.2 Å². The van der Waals surface area contributed by atoms with E-state index in [2.05, 4.69) is 36.8 Å². The molecule has 0 saturated carbocycles. The lowest BCUT2D eigenvalue weighted by Crippen LogP contribution is -2.24. The molecule has 1 aromatic rings. The molecule has 0 atom stereocenters. The first kappa shape index (κ1) is 13.5. The second-order valence-electron chi connectivity index (χ2n) is 3.76. The molecule has 1 aromatic carbocycles. The summed E-state index contributed by atoms with van der Waals surface area (Å²) in [6, 6.07) is 6.27. The van der Waals surface area contributed by atoms with Crippen molar-refractivity contribution in [3.05, 3.63) is 29.3 Å². The van der Waals surface area contributed by atoms with Gasteiger partial charge in [-0.25, -0.2) is 13.1 Å². The lowest BCUT2D eigenvalue weighted by molar-refractivity contribution is 0.590. The van der Waals surface area contributed by atoms with Crippen LogP contribution in [0.4, 0.5) is 0 Å². The van der Waals surface area contributed by atoms with Crippen molar-refractivity contribution >= 4 is 21.8 Å². The number of benzene rings is 1. The van der Waals surface area contributed by atoms with Crippen LogP contribution in [0.15, 0.2) is 23.1 Å². The van der Waals surface area contributed by atoms with Crippen LogP contribution in [0.25, 0.3) is 0 Å². The molecule has 0 radical (unpaired) electrons. The molecule has 16 heavy (non-hydrogen) atoms. The zero-order valence-electron chi connectivity index (χ0n) is 9.78. The summed E-state index contributed by atoms with van der Waals surface area (Å²) in [6.45, 7) is 4.62. The minimum absolute atomic E-state index is 0.469. The van der Waals surface area contributed by atoms with Crippen molar-refractivity contribution in [2.75, 3.05) is 18.6 Å². The quantitative estimate of drug-likeness (QED) is 0.649. The van der Waals surface area contributed by atoms with E-state index in [-0.39, 0.29) is 0 Å². The molecule has 0 heterocycles. The van der Waals surface area contributed by atoms with E-state index in [1.165, 1.54) is 22.3 Å². The smallest absolute Gasteiger partial charge is 0.208 e. The van der Waals surface area contributed by atoms with Gasteiger partial charge >= 0.3 is 0 Å². The Morgan fingerprint density at radius 2 is 1.94 bits per heavy atom. The molecule has 0 spiro atoms. The van der Waals surface area contributed by atoms with Crippen molar-refractivity contribution in [3.8, 4) is 0 Å². The van der Waals surface area contributed by atoms with Crippen LogP contribution < -0.4 is 4.72 Å². The first-order valence-electron chi connectivity index (χ1n) is 5.03. The lowest BCUT2D eigenvalue weighted by atomic mass is 10.1. The van der Waals surface area contributed by atoms with E-state index in [1.807, 2.05) is 0 Å². The highest BCUT2D eigenvalue weighted by Crippen LogP contribution is 2.20. The fourth-order valence-electron chi connectivity index (χ4n) is 1.20. The Morgan fingerprint density at radius 1 is 1.25 bits per heavy atom. The SMILES string of the molecule is Cc1ccc(SCCNS(C)(=O)=O)cc1C. The maximum atomic E-state index is 10.8. The fraction of sp³-hybridized carbons (Fsp3) is 0.455. The van der Waals surface area contributed by atoms with Gasteiger partial charge in [0.1, 0.15) is 0 Å². The van der Waals surface area contributed by atoms with E-state index in [9.17, 15) is 8.42 Å². The summed E-state index contributed by atoms with van der Waals surface area (Å²) >= 11 is 1.66. The number of aryl methyl sites for hydroxylation is 2. The Morgan fingerprint density at radius 3 is 2.50 bits per heavy atom.